The van der Waals surface area contributed by atoms with E-state index in [1.54, 1.807) is 13.2 Å². The number of likely N-dealkylation sites (tertiary alicyclic amines) is 1. The molecule has 136 valence electrons. The highest BCUT2D eigenvalue weighted by molar-refractivity contribution is 5.78. The monoisotopic (exact) mass is 347 g/mol. The molecule has 1 amide bonds. The number of hydrogen-bond acceptors (Lipinski definition) is 7. The quantitative estimate of drug-likeness (QED) is 0.781. The van der Waals surface area contributed by atoms with Crippen molar-refractivity contribution in [3.8, 4) is 0 Å². The minimum absolute atomic E-state index is 0.0326. The maximum Gasteiger partial charge on any atom is 0.234 e. The summed E-state index contributed by atoms with van der Waals surface area (Å²) in [5.41, 5.74) is 0. The number of hydrogen-bond donors (Lipinski definition) is 2. The van der Waals surface area contributed by atoms with Gasteiger partial charge in [-0.25, -0.2) is 0 Å². The largest absolute Gasteiger partial charge is 0.467 e. The first-order valence-electron chi connectivity index (χ1n) is 8.68. The zero-order chi connectivity index (χ0) is 17.6. The van der Waals surface area contributed by atoms with Crippen LogP contribution in [-0.4, -0.2) is 46.6 Å². The highest BCUT2D eigenvalue weighted by Crippen LogP contribution is 2.13. The number of rotatable bonds is 7. The first-order chi connectivity index (χ1) is 12.1. The van der Waals surface area contributed by atoms with E-state index in [0.29, 0.717) is 24.8 Å². The number of aromatic nitrogens is 2. The minimum Gasteiger partial charge on any atom is -0.467 e. The van der Waals surface area contributed by atoms with Gasteiger partial charge < -0.3 is 19.6 Å². The molecule has 0 saturated carbocycles. The van der Waals surface area contributed by atoms with Crippen LogP contribution in [0.2, 0.25) is 0 Å². The first kappa shape index (κ1) is 17.6. The standard InChI is InChI=1S/C17H25N5O3/c1-12(15-6-4-8-24-15)19-17(23)9-18-14-5-3-7-22(10-14)11-16-20-13(2)25-21-16/h4,6,8,12,14,18H,3,5,7,9-11H2,1-2H3,(H,19,23)/t12-,14+/m1/s1. The van der Waals surface area contributed by atoms with Gasteiger partial charge in [-0.1, -0.05) is 5.16 Å². The van der Waals surface area contributed by atoms with Crippen molar-refractivity contribution in [3.63, 3.8) is 0 Å². The summed E-state index contributed by atoms with van der Waals surface area (Å²) in [5, 5.41) is 10.2. The fraction of sp³-hybridized carbons (Fsp3) is 0.588. The maximum atomic E-state index is 12.1. The summed E-state index contributed by atoms with van der Waals surface area (Å²) in [4.78, 5) is 18.6. The lowest BCUT2D eigenvalue weighted by Gasteiger charge is -2.32. The van der Waals surface area contributed by atoms with Crippen LogP contribution in [0.15, 0.2) is 27.3 Å². The van der Waals surface area contributed by atoms with E-state index in [1.807, 2.05) is 19.1 Å². The van der Waals surface area contributed by atoms with Crippen molar-refractivity contribution in [1.29, 1.82) is 0 Å². The Bertz CT molecular complexity index is 670. The van der Waals surface area contributed by atoms with E-state index in [4.69, 9.17) is 8.94 Å². The van der Waals surface area contributed by atoms with Crippen LogP contribution in [0.4, 0.5) is 0 Å². The van der Waals surface area contributed by atoms with E-state index < -0.39 is 0 Å². The number of carbonyl (C=O) groups is 1. The topological polar surface area (TPSA) is 96.4 Å². The van der Waals surface area contributed by atoms with Gasteiger partial charge in [-0.3, -0.25) is 9.69 Å². The fourth-order valence-electron chi connectivity index (χ4n) is 3.11. The van der Waals surface area contributed by atoms with Gasteiger partial charge in [0.15, 0.2) is 5.82 Å². The molecule has 1 aliphatic heterocycles. The lowest BCUT2D eigenvalue weighted by molar-refractivity contribution is -0.121. The average molecular weight is 347 g/mol. The van der Waals surface area contributed by atoms with Gasteiger partial charge in [-0.15, -0.1) is 0 Å². The van der Waals surface area contributed by atoms with Crippen LogP contribution in [0, 0.1) is 6.92 Å². The van der Waals surface area contributed by atoms with Crippen molar-refractivity contribution in [2.24, 2.45) is 0 Å². The molecule has 8 heteroatoms. The summed E-state index contributed by atoms with van der Waals surface area (Å²) in [5.74, 6) is 2.02. The summed E-state index contributed by atoms with van der Waals surface area (Å²) in [6.45, 7) is 6.55. The maximum absolute atomic E-state index is 12.1. The minimum atomic E-state index is -0.131. The Labute approximate surface area is 146 Å². The molecule has 3 heterocycles. The molecule has 1 saturated heterocycles. The average Bonchev–Trinajstić information content (AvgIpc) is 3.25. The van der Waals surface area contributed by atoms with Gasteiger partial charge in [-0.05, 0) is 38.4 Å². The van der Waals surface area contributed by atoms with Gasteiger partial charge in [0.2, 0.25) is 11.8 Å². The molecule has 0 unspecified atom stereocenters. The molecule has 3 rings (SSSR count). The van der Waals surface area contributed by atoms with E-state index >= 15 is 0 Å². The number of nitrogens with zero attached hydrogens (tertiary/aromatic N) is 3. The third-order valence-electron chi connectivity index (χ3n) is 4.34. The lowest BCUT2D eigenvalue weighted by Crippen LogP contribution is -2.48. The van der Waals surface area contributed by atoms with Gasteiger partial charge >= 0.3 is 0 Å². The summed E-state index contributed by atoms with van der Waals surface area (Å²) < 4.78 is 10.3. The molecule has 25 heavy (non-hydrogen) atoms. The molecule has 1 fully saturated rings. The Hall–Kier alpha value is -2.19. The van der Waals surface area contributed by atoms with Gasteiger partial charge in [0.05, 0.1) is 25.4 Å². The van der Waals surface area contributed by atoms with Gasteiger partial charge in [0.1, 0.15) is 5.76 Å². The van der Waals surface area contributed by atoms with Gasteiger partial charge in [0, 0.05) is 19.5 Å². The van der Waals surface area contributed by atoms with Crippen LogP contribution < -0.4 is 10.6 Å². The number of carbonyl (C=O) groups excluding carboxylic acids is 1. The van der Waals surface area contributed by atoms with Crippen molar-refractivity contribution >= 4 is 5.91 Å². The lowest BCUT2D eigenvalue weighted by atomic mass is 10.1. The van der Waals surface area contributed by atoms with Crippen molar-refractivity contribution in [2.45, 2.75) is 45.3 Å². The molecule has 0 aliphatic carbocycles. The Kier molecular flexibility index (Phi) is 5.83. The van der Waals surface area contributed by atoms with E-state index in [1.165, 1.54) is 0 Å². The van der Waals surface area contributed by atoms with Gasteiger partial charge in [-0.2, -0.15) is 4.98 Å². The van der Waals surface area contributed by atoms with Crippen LogP contribution in [-0.2, 0) is 11.3 Å². The highest BCUT2D eigenvalue weighted by atomic mass is 16.5. The third kappa shape index (κ3) is 5.14. The summed E-state index contributed by atoms with van der Waals surface area (Å²) in [6.07, 6.45) is 3.75. The predicted octanol–water partition coefficient (Wildman–Crippen LogP) is 1.40. The van der Waals surface area contributed by atoms with Crippen LogP contribution in [0.1, 0.15) is 43.3 Å². The number of amides is 1. The second-order valence-electron chi connectivity index (χ2n) is 6.49. The Morgan fingerprint density at radius 1 is 1.52 bits per heavy atom. The van der Waals surface area contributed by atoms with E-state index in [0.717, 1.165) is 31.7 Å². The summed E-state index contributed by atoms with van der Waals surface area (Å²) >= 11 is 0. The number of aryl methyl sites for hydroxylation is 1. The Balaban J connectivity index is 1.40. The molecule has 1 aliphatic rings. The number of furan rings is 1. The zero-order valence-corrected chi connectivity index (χ0v) is 14.7. The summed E-state index contributed by atoms with van der Waals surface area (Å²) in [6, 6.07) is 3.83. The van der Waals surface area contributed by atoms with Crippen molar-refractivity contribution in [1.82, 2.24) is 25.7 Å². The Morgan fingerprint density at radius 3 is 3.12 bits per heavy atom. The third-order valence-corrected chi connectivity index (χ3v) is 4.34. The van der Waals surface area contributed by atoms with Crippen molar-refractivity contribution in [2.75, 3.05) is 19.6 Å². The molecular formula is C17H25N5O3. The van der Waals surface area contributed by atoms with Crippen molar-refractivity contribution < 1.29 is 13.7 Å². The molecule has 2 atom stereocenters. The first-order valence-corrected chi connectivity index (χ1v) is 8.68. The molecule has 8 nitrogen and oxygen atoms in total. The van der Waals surface area contributed by atoms with Gasteiger partial charge in [0.25, 0.3) is 0 Å². The number of piperidine rings is 1. The zero-order valence-electron chi connectivity index (χ0n) is 14.7. The Morgan fingerprint density at radius 2 is 2.40 bits per heavy atom. The normalized spacial score (nSPS) is 19.7. The predicted molar refractivity (Wildman–Crippen MR) is 90.6 cm³/mol. The van der Waals surface area contributed by atoms with Crippen LogP contribution in [0.25, 0.3) is 0 Å². The number of nitrogens with one attached hydrogen (secondary N) is 2. The molecular weight excluding hydrogens is 322 g/mol. The van der Waals surface area contributed by atoms with Crippen LogP contribution >= 0.6 is 0 Å². The van der Waals surface area contributed by atoms with Crippen LogP contribution in [0.5, 0.6) is 0 Å². The second-order valence-corrected chi connectivity index (χ2v) is 6.49. The molecule has 0 bridgehead atoms. The molecule has 0 radical (unpaired) electrons. The van der Waals surface area contributed by atoms with Crippen molar-refractivity contribution in [3.05, 3.63) is 35.9 Å². The molecule has 2 N–H and O–H groups in total. The van der Waals surface area contributed by atoms with E-state index in [2.05, 4.69) is 25.7 Å². The molecule has 0 aromatic carbocycles. The molecule has 0 spiro atoms. The van der Waals surface area contributed by atoms with Crippen LogP contribution in [0.3, 0.4) is 0 Å². The summed E-state index contributed by atoms with van der Waals surface area (Å²) in [7, 11) is 0. The highest BCUT2D eigenvalue weighted by Gasteiger charge is 2.22. The van der Waals surface area contributed by atoms with E-state index in [9.17, 15) is 4.79 Å². The molecule has 2 aromatic heterocycles. The SMILES string of the molecule is Cc1nc(CN2CCC[C@H](NCC(=O)N[C@H](C)c3ccco3)C2)no1. The second kappa shape index (κ2) is 8.26. The van der Waals surface area contributed by atoms with E-state index in [-0.39, 0.29) is 18.0 Å². The fourth-order valence-corrected chi connectivity index (χ4v) is 3.11. The smallest absolute Gasteiger partial charge is 0.234 e. The molecule has 2 aromatic rings.